The highest BCUT2D eigenvalue weighted by Gasteiger charge is 2.25. The number of rotatable bonds is 9. The SMILES string of the molecule is CCNC(=O)C(C)N(Cc1cccc(OC)c1)C(=O)CSc1ccccc1. The van der Waals surface area contributed by atoms with Gasteiger partial charge in [-0.25, -0.2) is 0 Å². The molecule has 6 heteroatoms. The van der Waals surface area contributed by atoms with Crippen molar-refractivity contribution >= 4 is 23.6 Å². The molecular formula is C21H26N2O3S. The van der Waals surface area contributed by atoms with Gasteiger partial charge in [-0.3, -0.25) is 9.59 Å². The molecule has 2 amide bonds. The second-order valence-electron chi connectivity index (χ2n) is 6.05. The average Bonchev–Trinajstić information content (AvgIpc) is 2.70. The van der Waals surface area contributed by atoms with E-state index in [-0.39, 0.29) is 17.6 Å². The van der Waals surface area contributed by atoms with E-state index in [0.717, 1.165) is 16.2 Å². The van der Waals surface area contributed by atoms with Crippen molar-refractivity contribution in [3.8, 4) is 5.75 Å². The van der Waals surface area contributed by atoms with Crippen LogP contribution in [-0.2, 0) is 16.1 Å². The fourth-order valence-electron chi connectivity index (χ4n) is 2.62. The van der Waals surface area contributed by atoms with Crippen LogP contribution >= 0.6 is 11.8 Å². The summed E-state index contributed by atoms with van der Waals surface area (Å²) in [4.78, 5) is 27.9. The first kappa shape index (κ1) is 20.8. The van der Waals surface area contributed by atoms with Crippen molar-refractivity contribution in [2.75, 3.05) is 19.4 Å². The van der Waals surface area contributed by atoms with Gasteiger partial charge < -0.3 is 15.0 Å². The number of carbonyl (C=O) groups excluding carboxylic acids is 2. The molecule has 0 aliphatic rings. The lowest BCUT2D eigenvalue weighted by Crippen LogP contribution is -2.48. The number of benzene rings is 2. The van der Waals surface area contributed by atoms with E-state index < -0.39 is 6.04 Å². The number of nitrogens with zero attached hydrogens (tertiary/aromatic N) is 1. The van der Waals surface area contributed by atoms with Gasteiger partial charge >= 0.3 is 0 Å². The minimum Gasteiger partial charge on any atom is -0.497 e. The number of hydrogen-bond acceptors (Lipinski definition) is 4. The molecule has 5 nitrogen and oxygen atoms in total. The summed E-state index contributed by atoms with van der Waals surface area (Å²) < 4.78 is 5.26. The summed E-state index contributed by atoms with van der Waals surface area (Å²) in [5.41, 5.74) is 0.920. The van der Waals surface area contributed by atoms with Crippen molar-refractivity contribution in [1.29, 1.82) is 0 Å². The van der Waals surface area contributed by atoms with Crippen molar-refractivity contribution in [1.82, 2.24) is 10.2 Å². The molecule has 0 radical (unpaired) electrons. The van der Waals surface area contributed by atoms with Crippen molar-refractivity contribution < 1.29 is 14.3 Å². The summed E-state index contributed by atoms with van der Waals surface area (Å²) in [7, 11) is 1.61. The van der Waals surface area contributed by atoms with Crippen LogP contribution < -0.4 is 10.1 Å². The van der Waals surface area contributed by atoms with E-state index >= 15 is 0 Å². The lowest BCUT2D eigenvalue weighted by molar-refractivity contribution is -0.138. The molecule has 144 valence electrons. The normalized spacial score (nSPS) is 11.5. The van der Waals surface area contributed by atoms with Crippen LogP contribution in [0.5, 0.6) is 5.75 Å². The maximum Gasteiger partial charge on any atom is 0.242 e. The quantitative estimate of drug-likeness (QED) is 0.672. The second kappa shape index (κ2) is 10.6. The lowest BCUT2D eigenvalue weighted by Gasteiger charge is -2.28. The Balaban J connectivity index is 2.14. The summed E-state index contributed by atoms with van der Waals surface area (Å²) in [5.74, 6) is 0.769. The zero-order valence-corrected chi connectivity index (χ0v) is 16.8. The summed E-state index contributed by atoms with van der Waals surface area (Å²) in [5, 5.41) is 2.80. The molecule has 1 N–H and O–H groups in total. The van der Waals surface area contributed by atoms with Crippen LogP contribution in [0.3, 0.4) is 0 Å². The smallest absolute Gasteiger partial charge is 0.242 e. The van der Waals surface area contributed by atoms with Crippen LogP contribution in [0.25, 0.3) is 0 Å². The third kappa shape index (κ3) is 6.32. The van der Waals surface area contributed by atoms with Gasteiger partial charge in [0, 0.05) is 18.0 Å². The fourth-order valence-corrected chi connectivity index (χ4v) is 3.42. The highest BCUT2D eigenvalue weighted by atomic mass is 32.2. The summed E-state index contributed by atoms with van der Waals surface area (Å²) in [6.07, 6.45) is 0. The van der Waals surface area contributed by atoms with Gasteiger partial charge in [0.25, 0.3) is 0 Å². The monoisotopic (exact) mass is 386 g/mol. The van der Waals surface area contributed by atoms with Crippen LogP contribution in [0.1, 0.15) is 19.4 Å². The number of amides is 2. The molecule has 0 aliphatic carbocycles. The second-order valence-corrected chi connectivity index (χ2v) is 7.09. The van der Waals surface area contributed by atoms with Gasteiger partial charge in [0.1, 0.15) is 11.8 Å². The Morgan fingerprint density at radius 1 is 1.15 bits per heavy atom. The van der Waals surface area contributed by atoms with E-state index in [9.17, 15) is 9.59 Å². The molecule has 0 bridgehead atoms. The molecule has 0 spiro atoms. The Morgan fingerprint density at radius 3 is 2.56 bits per heavy atom. The van der Waals surface area contributed by atoms with Crippen molar-refractivity contribution in [2.24, 2.45) is 0 Å². The van der Waals surface area contributed by atoms with Crippen LogP contribution in [0.4, 0.5) is 0 Å². The molecule has 0 aliphatic heterocycles. The highest BCUT2D eigenvalue weighted by molar-refractivity contribution is 8.00. The largest absolute Gasteiger partial charge is 0.497 e. The first-order valence-electron chi connectivity index (χ1n) is 8.93. The van der Waals surface area contributed by atoms with E-state index in [1.54, 1.807) is 18.9 Å². The number of hydrogen-bond donors (Lipinski definition) is 1. The third-order valence-corrected chi connectivity index (χ3v) is 5.11. The van der Waals surface area contributed by atoms with Crippen molar-refractivity contribution in [2.45, 2.75) is 31.3 Å². The molecule has 2 aromatic rings. The zero-order valence-electron chi connectivity index (χ0n) is 16.0. The molecule has 2 aromatic carbocycles. The molecular weight excluding hydrogens is 360 g/mol. The van der Waals surface area contributed by atoms with Crippen molar-refractivity contribution in [3.05, 3.63) is 60.2 Å². The van der Waals surface area contributed by atoms with Gasteiger partial charge in [0.2, 0.25) is 11.8 Å². The van der Waals surface area contributed by atoms with Gasteiger partial charge in [0.15, 0.2) is 0 Å². The molecule has 0 heterocycles. The number of methoxy groups -OCH3 is 1. The van der Waals surface area contributed by atoms with Gasteiger partial charge in [-0.2, -0.15) is 0 Å². The molecule has 1 atom stereocenters. The van der Waals surface area contributed by atoms with Gasteiger partial charge in [-0.05, 0) is 43.7 Å². The Bertz CT molecular complexity index is 752. The van der Waals surface area contributed by atoms with Gasteiger partial charge in [-0.1, -0.05) is 30.3 Å². The number of thioether (sulfide) groups is 1. The molecule has 27 heavy (non-hydrogen) atoms. The number of nitrogens with one attached hydrogen (secondary N) is 1. The highest BCUT2D eigenvalue weighted by Crippen LogP contribution is 2.20. The first-order chi connectivity index (χ1) is 13.0. The Labute approximate surface area is 165 Å². The van der Waals surface area contributed by atoms with E-state index in [4.69, 9.17) is 4.74 Å². The van der Waals surface area contributed by atoms with E-state index in [1.165, 1.54) is 11.8 Å². The van der Waals surface area contributed by atoms with Gasteiger partial charge in [0.05, 0.1) is 12.9 Å². The minimum absolute atomic E-state index is 0.0783. The number of carbonyl (C=O) groups is 2. The predicted molar refractivity (Wildman–Crippen MR) is 109 cm³/mol. The molecule has 0 saturated carbocycles. The Hall–Kier alpha value is -2.47. The predicted octanol–water partition coefficient (Wildman–Crippen LogP) is 3.34. The summed E-state index contributed by atoms with van der Waals surface area (Å²) in [6.45, 7) is 4.51. The topological polar surface area (TPSA) is 58.6 Å². The minimum atomic E-state index is -0.556. The van der Waals surface area contributed by atoms with Crippen LogP contribution in [0.2, 0.25) is 0 Å². The third-order valence-electron chi connectivity index (χ3n) is 4.11. The molecule has 2 rings (SSSR count). The van der Waals surface area contributed by atoms with Crippen LogP contribution in [-0.4, -0.2) is 42.2 Å². The lowest BCUT2D eigenvalue weighted by atomic mass is 10.1. The molecule has 1 unspecified atom stereocenters. The fraction of sp³-hybridized carbons (Fsp3) is 0.333. The molecule has 0 aromatic heterocycles. The molecule has 0 fully saturated rings. The maximum absolute atomic E-state index is 12.9. The summed E-state index contributed by atoms with van der Waals surface area (Å²) >= 11 is 1.47. The standard InChI is InChI=1S/C21H26N2O3S/c1-4-22-21(25)16(2)23(14-17-9-8-10-18(13-17)26-3)20(24)15-27-19-11-6-5-7-12-19/h5-13,16H,4,14-15H2,1-3H3,(H,22,25). The number of likely N-dealkylation sites (N-methyl/N-ethyl adjacent to an activating group) is 1. The first-order valence-corrected chi connectivity index (χ1v) is 9.91. The number of ether oxygens (including phenoxy) is 1. The Kier molecular flexibility index (Phi) is 8.20. The van der Waals surface area contributed by atoms with Crippen LogP contribution in [0.15, 0.2) is 59.5 Å². The van der Waals surface area contributed by atoms with E-state index in [0.29, 0.717) is 13.1 Å². The van der Waals surface area contributed by atoms with Gasteiger partial charge in [-0.15, -0.1) is 11.8 Å². The maximum atomic E-state index is 12.9. The zero-order chi connectivity index (χ0) is 19.6. The summed E-state index contributed by atoms with van der Waals surface area (Å²) in [6, 6.07) is 16.8. The van der Waals surface area contributed by atoms with E-state index in [1.807, 2.05) is 61.5 Å². The molecule has 0 saturated heterocycles. The van der Waals surface area contributed by atoms with Crippen LogP contribution in [0, 0.1) is 0 Å². The Morgan fingerprint density at radius 2 is 1.89 bits per heavy atom. The average molecular weight is 387 g/mol. The van der Waals surface area contributed by atoms with E-state index in [2.05, 4.69) is 5.32 Å². The van der Waals surface area contributed by atoms with Crippen molar-refractivity contribution in [3.63, 3.8) is 0 Å².